The number of ketones is 1. The van der Waals surface area contributed by atoms with Crippen LogP contribution in [-0.4, -0.2) is 17.2 Å². The van der Waals surface area contributed by atoms with Crippen molar-refractivity contribution >= 4 is 30.0 Å². The van der Waals surface area contributed by atoms with E-state index in [4.69, 9.17) is 5.41 Å². The Morgan fingerprint density at radius 2 is 1.20 bits per heavy atom. The fourth-order valence-electron chi connectivity index (χ4n) is 4.26. The molecule has 3 nitrogen and oxygen atoms in total. The maximum Gasteiger partial charge on any atom is 0.133 e. The molecule has 0 aliphatic rings. The molecule has 0 aliphatic carbocycles. The number of carbonyl (C=O) groups excluding carboxylic acids is 1. The zero-order chi connectivity index (χ0) is 32.3. The first-order valence-electron chi connectivity index (χ1n) is 17.7. The molecule has 0 aromatic carbocycles. The molecule has 0 fully saturated rings. The summed E-state index contributed by atoms with van der Waals surface area (Å²) in [6.07, 6.45) is 24.5. The smallest absolute Gasteiger partial charge is 0.133 e. The third-order valence-electron chi connectivity index (χ3n) is 7.43. The zero-order valence-corrected chi connectivity index (χ0v) is 30.9. The Labute approximate surface area is 265 Å². The van der Waals surface area contributed by atoms with Crippen molar-refractivity contribution in [1.29, 1.82) is 5.41 Å². The van der Waals surface area contributed by atoms with E-state index in [-0.39, 0.29) is 0 Å². The van der Waals surface area contributed by atoms with Crippen LogP contribution >= 0.6 is 12.8 Å². The van der Waals surface area contributed by atoms with E-state index in [0.29, 0.717) is 23.3 Å². The van der Waals surface area contributed by atoms with Gasteiger partial charge in [-0.05, 0) is 55.9 Å². The predicted octanol–water partition coefficient (Wildman–Crippen LogP) is 13.6. The minimum absolute atomic E-state index is 0.480. The number of hydrogen-bond acceptors (Lipinski definition) is 4. The van der Waals surface area contributed by atoms with Gasteiger partial charge in [-0.2, -0.15) is 0 Å². The SMILES string of the molecule is CC.CCC/C=C(CC)/C(=N/S)C(=N)CCC.CCCCCCC.CCCCCCCCC(=O)CC(C)C(C)CC. The number of carbonyl (C=O) groups is 1. The molecule has 0 amide bonds. The van der Waals surface area contributed by atoms with E-state index in [1.165, 1.54) is 70.6 Å². The minimum atomic E-state index is 0.480. The van der Waals surface area contributed by atoms with E-state index in [1.54, 1.807) is 0 Å². The molecule has 4 heteroatoms. The molecule has 0 rings (SSSR count). The monoisotopic (exact) mass is 597 g/mol. The van der Waals surface area contributed by atoms with Crippen LogP contribution < -0.4 is 0 Å². The van der Waals surface area contributed by atoms with Crippen LogP contribution in [0.1, 0.15) is 198 Å². The van der Waals surface area contributed by atoms with Crippen molar-refractivity contribution in [3.8, 4) is 0 Å². The fourth-order valence-corrected chi connectivity index (χ4v) is 4.51. The quantitative estimate of drug-likeness (QED) is 0.0729. The van der Waals surface area contributed by atoms with Crippen LogP contribution in [0, 0.1) is 17.2 Å². The molecular weight excluding hydrogens is 520 g/mol. The average Bonchev–Trinajstić information content (AvgIpc) is 2.98. The van der Waals surface area contributed by atoms with Gasteiger partial charge in [-0.1, -0.05) is 166 Å². The maximum atomic E-state index is 11.8. The number of nitrogens with zero attached hydrogens (tertiary/aromatic N) is 1. The van der Waals surface area contributed by atoms with Gasteiger partial charge in [0.25, 0.3) is 0 Å². The molecule has 0 saturated heterocycles. The molecule has 0 aliphatic heterocycles. The standard InChI is InChI=1S/C16H32O.C12H22N2S.C7H16.C2H6/c1-5-7-8-9-10-11-12-16(17)13-15(4)14(3)6-2;1-4-7-9-10(6-3)12(14-15)11(13)8-5-2;1-3-5-7-6-4-2;1-2/h14-15H,5-13H2,1-4H3;9,13,15H,4-8H2,1-3H3;3-7H2,1-2H3;1-2H3/b;10-9+,13-11?,14-12-;;. The van der Waals surface area contributed by atoms with Crippen molar-refractivity contribution < 1.29 is 4.79 Å². The van der Waals surface area contributed by atoms with Crippen molar-refractivity contribution in [1.82, 2.24) is 0 Å². The van der Waals surface area contributed by atoms with Gasteiger partial charge in [-0.15, -0.1) is 0 Å². The van der Waals surface area contributed by atoms with E-state index >= 15 is 0 Å². The van der Waals surface area contributed by atoms with E-state index < -0.39 is 0 Å². The Morgan fingerprint density at radius 3 is 1.61 bits per heavy atom. The molecule has 0 aromatic rings. The molecule has 246 valence electrons. The van der Waals surface area contributed by atoms with Crippen LogP contribution in [0.25, 0.3) is 0 Å². The molecule has 0 bridgehead atoms. The van der Waals surface area contributed by atoms with E-state index in [9.17, 15) is 4.79 Å². The van der Waals surface area contributed by atoms with Crippen molar-refractivity contribution in [3.63, 3.8) is 0 Å². The highest BCUT2D eigenvalue weighted by Crippen LogP contribution is 2.20. The lowest BCUT2D eigenvalue weighted by Crippen LogP contribution is -2.14. The van der Waals surface area contributed by atoms with Gasteiger partial charge in [0, 0.05) is 12.8 Å². The fraction of sp³-hybridized carbons (Fsp3) is 0.865. The van der Waals surface area contributed by atoms with Crippen LogP contribution in [-0.2, 0) is 4.79 Å². The highest BCUT2D eigenvalue weighted by Gasteiger charge is 2.14. The van der Waals surface area contributed by atoms with Crippen molar-refractivity contribution in [2.24, 2.45) is 16.2 Å². The van der Waals surface area contributed by atoms with E-state index in [1.807, 2.05) is 13.8 Å². The summed E-state index contributed by atoms with van der Waals surface area (Å²) in [5, 5.41) is 7.89. The second-order valence-corrected chi connectivity index (χ2v) is 11.4. The molecule has 2 atom stereocenters. The molecule has 41 heavy (non-hydrogen) atoms. The van der Waals surface area contributed by atoms with Crippen molar-refractivity contribution in [2.45, 2.75) is 198 Å². The number of unbranched alkanes of at least 4 members (excludes halogenated alkanes) is 10. The second kappa shape index (κ2) is 39.1. The molecule has 0 saturated carbocycles. The molecule has 0 radical (unpaired) electrons. The number of Topliss-reactive ketones (excluding diaryl/α,β-unsaturated/α-hetero) is 1. The summed E-state index contributed by atoms with van der Waals surface area (Å²) in [5.74, 6) is 1.73. The van der Waals surface area contributed by atoms with E-state index in [0.717, 1.165) is 62.7 Å². The van der Waals surface area contributed by atoms with Gasteiger partial charge in [0.05, 0.1) is 11.4 Å². The van der Waals surface area contributed by atoms with Crippen LogP contribution in [0.15, 0.2) is 16.0 Å². The largest absolute Gasteiger partial charge is 0.303 e. The average molecular weight is 597 g/mol. The number of allylic oxidation sites excluding steroid dienone is 2. The summed E-state index contributed by atoms with van der Waals surface area (Å²) >= 11 is 3.97. The summed E-state index contributed by atoms with van der Waals surface area (Å²) in [6, 6.07) is 0. The summed E-state index contributed by atoms with van der Waals surface area (Å²) in [6.45, 7) is 23.7. The highest BCUT2D eigenvalue weighted by molar-refractivity contribution is 7.79. The predicted molar refractivity (Wildman–Crippen MR) is 194 cm³/mol. The first-order chi connectivity index (χ1) is 19.7. The number of thiol groups is 1. The third-order valence-corrected chi connectivity index (χ3v) is 7.63. The minimum Gasteiger partial charge on any atom is -0.303 e. The Balaban J connectivity index is -0.000000260. The topological polar surface area (TPSA) is 53.3 Å². The summed E-state index contributed by atoms with van der Waals surface area (Å²) < 4.78 is 3.95. The molecule has 2 unspecified atom stereocenters. The zero-order valence-electron chi connectivity index (χ0n) is 30.0. The highest BCUT2D eigenvalue weighted by atomic mass is 32.1. The lowest BCUT2D eigenvalue weighted by Gasteiger charge is -2.17. The molecule has 0 spiro atoms. The van der Waals surface area contributed by atoms with Gasteiger partial charge in [-0.25, -0.2) is 4.40 Å². The van der Waals surface area contributed by atoms with Crippen LogP contribution in [0.4, 0.5) is 0 Å². The Hall–Kier alpha value is -0.900. The number of hydrogen-bond donors (Lipinski definition) is 2. The van der Waals surface area contributed by atoms with Gasteiger partial charge >= 0.3 is 0 Å². The van der Waals surface area contributed by atoms with Gasteiger partial charge in [0.15, 0.2) is 0 Å². The van der Waals surface area contributed by atoms with Crippen LogP contribution in [0.5, 0.6) is 0 Å². The summed E-state index contributed by atoms with van der Waals surface area (Å²) in [7, 11) is 0. The summed E-state index contributed by atoms with van der Waals surface area (Å²) in [4.78, 5) is 11.8. The lowest BCUT2D eigenvalue weighted by atomic mass is 9.88. The summed E-state index contributed by atoms with van der Waals surface area (Å²) in [5.41, 5.74) is 2.54. The lowest BCUT2D eigenvalue weighted by molar-refractivity contribution is -0.120. The van der Waals surface area contributed by atoms with Gasteiger partial charge in [0.2, 0.25) is 0 Å². The molecule has 1 N–H and O–H groups in total. The maximum absolute atomic E-state index is 11.8. The van der Waals surface area contributed by atoms with Crippen molar-refractivity contribution in [2.75, 3.05) is 0 Å². The third kappa shape index (κ3) is 33.5. The Bertz CT molecular complexity index is 608. The second-order valence-electron chi connectivity index (χ2n) is 11.2. The first kappa shape index (κ1) is 47.0. The molecule has 0 aromatic heterocycles. The van der Waals surface area contributed by atoms with Gasteiger partial charge in [-0.3, -0.25) is 4.79 Å². The van der Waals surface area contributed by atoms with Crippen LogP contribution in [0.2, 0.25) is 0 Å². The molecule has 0 heterocycles. The first-order valence-corrected chi connectivity index (χ1v) is 18.1. The van der Waals surface area contributed by atoms with Gasteiger partial charge < -0.3 is 5.41 Å². The molecular formula is C37H76N2OS. The van der Waals surface area contributed by atoms with E-state index in [2.05, 4.69) is 85.6 Å². The Kier molecular flexibility index (Phi) is 44.9. The number of nitrogens with one attached hydrogen (secondary N) is 1. The van der Waals surface area contributed by atoms with Crippen molar-refractivity contribution in [3.05, 3.63) is 11.6 Å². The van der Waals surface area contributed by atoms with Crippen LogP contribution in [0.3, 0.4) is 0 Å². The Morgan fingerprint density at radius 1 is 0.707 bits per heavy atom. The normalized spacial score (nSPS) is 12.6. The van der Waals surface area contributed by atoms with Gasteiger partial charge in [0.1, 0.15) is 5.78 Å². The number of rotatable bonds is 22.